The molecule has 3 atom stereocenters. The number of carbonyl (C=O) groups excluding carboxylic acids is 2. The molecule has 5 heterocycles. The summed E-state index contributed by atoms with van der Waals surface area (Å²) in [5, 5.41) is 2.41. The highest BCUT2D eigenvalue weighted by Crippen LogP contribution is 2.39. The van der Waals surface area contributed by atoms with Crippen molar-refractivity contribution in [2.45, 2.75) is 25.1 Å². The van der Waals surface area contributed by atoms with Crippen LogP contribution in [0.4, 0.5) is 19.0 Å². The van der Waals surface area contributed by atoms with Crippen LogP contribution in [-0.2, 0) is 11.0 Å². The molecule has 1 aromatic heterocycles. The molecular weight excluding hydrogens is 537 g/mol. The lowest BCUT2D eigenvalue weighted by molar-refractivity contribution is -0.750. The number of nitrogens with zero attached hydrogens (tertiary/aromatic N) is 6. The third-order valence-electron chi connectivity index (χ3n) is 7.90. The summed E-state index contributed by atoms with van der Waals surface area (Å²) in [6, 6.07) is 8.31. The standard InChI is InChI=1S/C28H27F3N8O2/c1-37-15-21-7-6-19(14-38(21)24(40)16-37)25-22-13-33-10-11-39(22,32)26(36-25)17-2-4-18(5-3-17)27(41)35-23-12-20(8-9-34-23)28(29,30)31/h2-5,8-13,19,21H,6-7,14-16,32H2,1H3/p+1/t19-,21+,39?/m1/s1. The van der Waals surface area contributed by atoms with E-state index in [-0.39, 0.29) is 33.8 Å². The molecule has 0 saturated carbocycles. The number of amidine groups is 1. The number of piperazine rings is 1. The van der Waals surface area contributed by atoms with Crippen LogP contribution in [0.15, 0.2) is 76.4 Å². The lowest BCUT2D eigenvalue weighted by atomic mass is 9.88. The number of allylic oxidation sites excluding steroid dienone is 1. The van der Waals surface area contributed by atoms with Gasteiger partial charge in [-0.25, -0.2) is 4.98 Å². The Morgan fingerprint density at radius 3 is 2.68 bits per heavy atom. The molecule has 41 heavy (non-hydrogen) atoms. The first-order chi connectivity index (χ1) is 19.5. The van der Waals surface area contributed by atoms with E-state index < -0.39 is 17.6 Å². The second kappa shape index (κ2) is 10.0. The van der Waals surface area contributed by atoms with Crippen molar-refractivity contribution in [1.82, 2.24) is 14.8 Å². The van der Waals surface area contributed by atoms with Crippen molar-refractivity contribution in [3.8, 4) is 0 Å². The van der Waals surface area contributed by atoms with E-state index in [0.717, 1.165) is 49.1 Å². The SMILES string of the molecule is CN1CC(=O)N2C[C@H](C3=C4C=NC=C[N+]4(N)C(c4ccc(C(=O)Nc5cc(C(F)(F)F)ccn5)cc4)=N3)CC[C@H]2C1. The van der Waals surface area contributed by atoms with E-state index in [9.17, 15) is 22.8 Å². The molecule has 4 aliphatic heterocycles. The minimum absolute atomic E-state index is 0.00452. The van der Waals surface area contributed by atoms with E-state index in [1.54, 1.807) is 42.9 Å². The van der Waals surface area contributed by atoms with Crippen LogP contribution >= 0.6 is 0 Å². The van der Waals surface area contributed by atoms with E-state index >= 15 is 0 Å². The molecule has 1 aromatic carbocycles. The van der Waals surface area contributed by atoms with Gasteiger partial charge in [-0.1, -0.05) is 0 Å². The van der Waals surface area contributed by atoms with Gasteiger partial charge in [0.1, 0.15) is 17.7 Å². The third-order valence-corrected chi connectivity index (χ3v) is 7.90. The first-order valence-electron chi connectivity index (χ1n) is 13.2. The van der Waals surface area contributed by atoms with Crippen molar-refractivity contribution in [2.24, 2.45) is 21.7 Å². The van der Waals surface area contributed by atoms with Gasteiger partial charge in [-0.05, 0) is 56.3 Å². The van der Waals surface area contributed by atoms with Gasteiger partial charge in [0.2, 0.25) is 11.6 Å². The number of aliphatic imine (C=N–C) groups is 2. The highest BCUT2D eigenvalue weighted by Gasteiger charge is 2.47. The first-order valence-corrected chi connectivity index (χ1v) is 13.2. The lowest BCUT2D eigenvalue weighted by Crippen LogP contribution is -2.58. The first kappa shape index (κ1) is 27.0. The molecule has 2 amide bonds. The number of piperidine rings is 1. The molecule has 2 fully saturated rings. The average molecular weight is 566 g/mol. The Bertz CT molecular complexity index is 1530. The van der Waals surface area contributed by atoms with Crippen molar-refractivity contribution in [3.05, 3.63) is 83.1 Å². The van der Waals surface area contributed by atoms with Crippen LogP contribution in [-0.4, -0.2) is 76.0 Å². The summed E-state index contributed by atoms with van der Waals surface area (Å²) in [5.41, 5.74) is 1.50. The van der Waals surface area contributed by atoms with Crippen LogP contribution in [0.2, 0.25) is 0 Å². The van der Waals surface area contributed by atoms with Gasteiger partial charge in [0, 0.05) is 36.8 Å². The Kier molecular flexibility index (Phi) is 6.59. The summed E-state index contributed by atoms with van der Waals surface area (Å²) >= 11 is 0. The summed E-state index contributed by atoms with van der Waals surface area (Å²) in [5.74, 6) is 6.71. The second-order valence-electron chi connectivity index (χ2n) is 10.7. The van der Waals surface area contributed by atoms with Crippen LogP contribution < -0.4 is 11.2 Å². The summed E-state index contributed by atoms with van der Waals surface area (Å²) in [6.45, 7) is 1.81. The number of anilines is 1. The Hall–Kier alpha value is -4.20. The van der Waals surface area contributed by atoms with Crippen molar-refractivity contribution in [2.75, 3.05) is 32.0 Å². The number of hydrogen-bond acceptors (Lipinski definition) is 7. The number of carbonyl (C=O) groups is 2. The quantitative estimate of drug-likeness (QED) is 0.437. The van der Waals surface area contributed by atoms with Gasteiger partial charge >= 0.3 is 6.18 Å². The molecule has 2 saturated heterocycles. The summed E-state index contributed by atoms with van der Waals surface area (Å²) in [4.78, 5) is 42.6. The Morgan fingerprint density at radius 2 is 1.93 bits per heavy atom. The zero-order valence-electron chi connectivity index (χ0n) is 22.2. The number of nitrogens with one attached hydrogen (secondary N) is 1. The number of nitrogens with two attached hydrogens (primary N) is 1. The largest absolute Gasteiger partial charge is 0.416 e. The fraction of sp³-hybridized carbons (Fsp3) is 0.321. The van der Waals surface area contributed by atoms with E-state index in [0.29, 0.717) is 24.5 Å². The van der Waals surface area contributed by atoms with Crippen molar-refractivity contribution in [1.29, 1.82) is 0 Å². The van der Waals surface area contributed by atoms with E-state index in [1.807, 2.05) is 11.9 Å². The van der Waals surface area contributed by atoms with E-state index in [2.05, 4.69) is 20.2 Å². The number of alkyl halides is 3. The van der Waals surface area contributed by atoms with Gasteiger partial charge < -0.3 is 10.2 Å². The minimum Gasteiger partial charge on any atom is -0.337 e. The molecular formula is C28H28F3N8O2+. The zero-order chi connectivity index (χ0) is 28.9. The van der Waals surface area contributed by atoms with Gasteiger partial charge in [0.25, 0.3) is 11.7 Å². The molecule has 13 heteroatoms. The van der Waals surface area contributed by atoms with Gasteiger partial charge in [-0.2, -0.15) is 24.0 Å². The number of fused-ring (bicyclic) bond motifs is 2. The number of quaternary nitrogens is 1. The zero-order valence-corrected chi connectivity index (χ0v) is 22.2. The molecule has 6 rings (SSSR count). The minimum atomic E-state index is -4.55. The fourth-order valence-electron chi connectivity index (χ4n) is 5.83. The number of halogens is 3. The summed E-state index contributed by atoms with van der Waals surface area (Å²) < 4.78 is 38.9. The van der Waals surface area contributed by atoms with Crippen LogP contribution in [0, 0.1) is 5.92 Å². The molecule has 212 valence electrons. The molecule has 0 bridgehead atoms. The number of pyridine rings is 1. The van der Waals surface area contributed by atoms with Crippen LogP contribution in [0.5, 0.6) is 0 Å². The van der Waals surface area contributed by atoms with Crippen molar-refractivity contribution in [3.63, 3.8) is 0 Å². The molecule has 0 radical (unpaired) electrons. The van der Waals surface area contributed by atoms with Crippen LogP contribution in [0.1, 0.15) is 34.3 Å². The number of benzene rings is 1. The second-order valence-corrected chi connectivity index (χ2v) is 10.7. The topological polar surface area (TPSA) is 116 Å². The van der Waals surface area contributed by atoms with Gasteiger partial charge in [0.15, 0.2) is 0 Å². The van der Waals surface area contributed by atoms with E-state index in [1.165, 1.54) is 0 Å². The highest BCUT2D eigenvalue weighted by molar-refractivity contribution is 6.05. The molecule has 0 aliphatic carbocycles. The third kappa shape index (κ3) is 4.96. The van der Waals surface area contributed by atoms with E-state index in [4.69, 9.17) is 10.8 Å². The lowest BCUT2D eigenvalue weighted by Gasteiger charge is -2.45. The normalized spacial score (nSPS) is 26.1. The van der Waals surface area contributed by atoms with Gasteiger partial charge in [0.05, 0.1) is 30.1 Å². The summed E-state index contributed by atoms with van der Waals surface area (Å²) in [7, 11) is 1.96. The smallest absolute Gasteiger partial charge is 0.337 e. The number of aromatic nitrogens is 1. The van der Waals surface area contributed by atoms with Crippen LogP contribution in [0.25, 0.3) is 0 Å². The monoisotopic (exact) mass is 565 g/mol. The number of likely N-dealkylation sites (N-methyl/N-ethyl adjacent to an activating group) is 1. The van der Waals surface area contributed by atoms with Crippen molar-refractivity contribution >= 4 is 29.7 Å². The molecule has 3 N–H and O–H groups in total. The highest BCUT2D eigenvalue weighted by atomic mass is 19.4. The molecule has 1 unspecified atom stereocenters. The maximum atomic E-state index is 13.0. The predicted molar refractivity (Wildman–Crippen MR) is 145 cm³/mol. The number of hydrogen-bond donors (Lipinski definition) is 2. The Morgan fingerprint density at radius 1 is 1.15 bits per heavy atom. The predicted octanol–water partition coefficient (Wildman–Crippen LogP) is 3.12. The molecule has 0 spiro atoms. The maximum Gasteiger partial charge on any atom is 0.416 e. The number of rotatable bonds is 4. The van der Waals surface area contributed by atoms with Gasteiger partial charge in [-0.15, -0.1) is 4.59 Å². The average Bonchev–Trinajstić information content (AvgIpc) is 3.25. The fourth-order valence-corrected chi connectivity index (χ4v) is 5.83. The summed E-state index contributed by atoms with van der Waals surface area (Å²) in [6.07, 6.45) is 3.20. The number of amides is 2. The molecule has 4 aliphatic rings. The molecule has 10 nitrogen and oxygen atoms in total. The maximum absolute atomic E-state index is 13.0. The Labute approximate surface area is 233 Å². The Balaban J connectivity index is 1.23. The van der Waals surface area contributed by atoms with Crippen molar-refractivity contribution < 1.29 is 27.4 Å². The van der Waals surface area contributed by atoms with Gasteiger partial charge in [-0.3, -0.25) is 19.5 Å². The van der Waals surface area contributed by atoms with Crippen LogP contribution in [0.3, 0.4) is 0 Å². The molecule has 2 aromatic rings.